The van der Waals surface area contributed by atoms with Crippen LogP contribution in [-0.4, -0.2) is 146 Å². The van der Waals surface area contributed by atoms with E-state index in [-0.39, 0.29) is 68.5 Å². The third-order valence-corrected chi connectivity index (χ3v) is 21.1. The molecule has 2 atom stereocenters. The van der Waals surface area contributed by atoms with E-state index in [0.29, 0.717) is 77.0 Å². The molecule has 0 spiro atoms. The van der Waals surface area contributed by atoms with Crippen LogP contribution in [0.3, 0.4) is 0 Å². The minimum absolute atomic E-state index is 0.0180. The van der Waals surface area contributed by atoms with Crippen molar-refractivity contribution >= 4 is 99.2 Å². The lowest BCUT2D eigenvalue weighted by atomic mass is 9.76. The maximum Gasteiger partial charge on any atom is 0.338 e. The van der Waals surface area contributed by atoms with Gasteiger partial charge in [-0.2, -0.15) is 38.2 Å². The largest absolute Gasteiger partial charge is 0.465 e. The normalized spacial score (nSPS) is 15.5. The van der Waals surface area contributed by atoms with E-state index >= 15 is 0 Å². The van der Waals surface area contributed by atoms with E-state index in [1.165, 1.54) is 38.5 Å². The number of amides is 2. The molecule has 2 amide bonds. The van der Waals surface area contributed by atoms with E-state index in [2.05, 4.69) is 10.6 Å². The maximum atomic E-state index is 13.5. The van der Waals surface area contributed by atoms with Crippen molar-refractivity contribution in [2.75, 3.05) is 70.5 Å². The molecule has 90 heavy (non-hydrogen) atoms. The number of rotatable bonds is 34. The van der Waals surface area contributed by atoms with E-state index in [1.54, 1.807) is 92.9 Å². The van der Waals surface area contributed by atoms with Gasteiger partial charge in [-0.15, -0.1) is 0 Å². The van der Waals surface area contributed by atoms with Crippen LogP contribution in [0, 0.1) is 0 Å². The number of nitrogens with zero attached hydrogens (tertiary/aromatic N) is 2. The molecular formula is C64H78N4O17PS4+. The fraction of sp³-hybridized carbons (Fsp3) is 0.344. The van der Waals surface area contributed by atoms with Gasteiger partial charge in [0.1, 0.15) is 6.61 Å². The maximum absolute atomic E-state index is 13.5. The van der Waals surface area contributed by atoms with Gasteiger partial charge in [0.25, 0.3) is 46.4 Å². The first-order valence-electron chi connectivity index (χ1n) is 28.9. The van der Waals surface area contributed by atoms with Crippen LogP contribution in [0.5, 0.6) is 0 Å². The highest BCUT2D eigenvalue weighted by Crippen LogP contribution is 2.45. The number of ether oxygens (including phenoxy) is 2. The summed E-state index contributed by atoms with van der Waals surface area (Å²) in [6, 6.07) is 32.7. The topological polar surface area (TPSA) is 317 Å². The van der Waals surface area contributed by atoms with Crippen molar-refractivity contribution in [1.82, 2.24) is 10.6 Å². The Kier molecular flexibility index (Phi) is 25.9. The van der Waals surface area contributed by atoms with Gasteiger partial charge in [0.15, 0.2) is 12.3 Å². The number of carbonyl (C=O) groups excluding carboxylic acids is 3. The number of methoxy groups -OCH3 is 2. The van der Waals surface area contributed by atoms with Crippen LogP contribution in [-0.2, 0) is 65.6 Å². The van der Waals surface area contributed by atoms with Crippen molar-refractivity contribution in [3.63, 3.8) is 0 Å². The second-order valence-corrected chi connectivity index (χ2v) is 30.1. The number of fused-ring (bicyclic) bond motifs is 1. The third kappa shape index (κ3) is 20.5. The molecule has 0 fully saturated rings. The molecule has 2 unspecified atom stereocenters. The quantitative estimate of drug-likeness (QED) is 0.00571. The van der Waals surface area contributed by atoms with Gasteiger partial charge >= 0.3 is 5.97 Å². The molecule has 0 saturated heterocycles. The Morgan fingerprint density at radius 3 is 1.88 bits per heavy atom. The number of allylic oxidation sites excluding steroid dienone is 8. The van der Waals surface area contributed by atoms with E-state index in [1.807, 2.05) is 77.1 Å². The molecule has 5 aromatic carbocycles. The Labute approximate surface area is 529 Å². The Morgan fingerprint density at radius 2 is 1.27 bits per heavy atom. The molecule has 484 valence electrons. The van der Waals surface area contributed by atoms with E-state index in [0.717, 1.165) is 10.6 Å². The molecule has 0 aliphatic carbocycles. The first kappa shape index (κ1) is 72.0. The number of unbranched alkanes of at least 4 members (excludes halogenated alkanes) is 2. The Hall–Kier alpha value is -7.03. The molecule has 6 N–H and O–H groups in total. The summed E-state index contributed by atoms with van der Waals surface area (Å²) in [5.41, 5.74) is 1.41. The lowest BCUT2D eigenvalue weighted by Crippen LogP contribution is -2.35. The molecule has 21 nitrogen and oxygen atoms in total. The monoisotopic (exact) mass is 1330 g/mol. The summed E-state index contributed by atoms with van der Waals surface area (Å²) >= 11 is 0. The van der Waals surface area contributed by atoms with Gasteiger partial charge in [0.2, 0.25) is 11.6 Å². The zero-order valence-corrected chi connectivity index (χ0v) is 54.9. The molecule has 26 heteroatoms. The second-order valence-electron chi connectivity index (χ2n) is 21.9. The summed E-state index contributed by atoms with van der Waals surface area (Å²) < 4.78 is 149. The van der Waals surface area contributed by atoms with Crippen LogP contribution >= 0.6 is 7.92 Å². The lowest BCUT2D eigenvalue weighted by molar-refractivity contribution is -0.441. The standard InChI is InChI=1S/C64H77N4O17PS4/c1-63(36-21-43-87(72,73)74,35-19-9-7-6-8-17-27-59-64(2,37-22-44-88(75,76)77)55-47-52(90(81,82)83)31-34-57(55)68(59)41-42-84-4)54-46-51(89(78,79)80)30-33-56(54)67(3)40-20-12-18-28-60(69)65-38-39-66-61(70)48-29-32-53(62(71)85-5)58(45-48)86(49-23-13-10-14-24-49)50-25-15-11-16-26-50/h6-11,13-17,19,23-27,29-35,45-47H,12,18,20-22,28,36-44H2,1-5H3,(H5-,65,66,69,70,72,73,74,75,76,77,78,79,80,81,82,83)/p+1/b8-6+,9-7+,27-17+,35-19-. The summed E-state index contributed by atoms with van der Waals surface area (Å²) in [5.74, 6) is -2.24. The Bertz CT molecular complexity index is 3950. The number of carbonyl (C=O) groups is 3. The van der Waals surface area contributed by atoms with Gasteiger partial charge in [-0.05, 0) is 118 Å². The minimum Gasteiger partial charge on any atom is -0.465 e. The highest BCUT2D eigenvalue weighted by atomic mass is 32.2. The fourth-order valence-corrected chi connectivity index (χ4v) is 15.3. The van der Waals surface area contributed by atoms with Crippen LogP contribution in [0.4, 0.5) is 11.4 Å². The number of benzene rings is 5. The summed E-state index contributed by atoms with van der Waals surface area (Å²) in [6.07, 6.45) is 16.0. The first-order valence-corrected chi connectivity index (χ1v) is 36.3. The highest BCUT2D eigenvalue weighted by Gasteiger charge is 2.48. The van der Waals surface area contributed by atoms with Gasteiger partial charge in [-0.1, -0.05) is 117 Å². The summed E-state index contributed by atoms with van der Waals surface area (Å²) in [4.78, 5) is 40.7. The number of hydrogen-bond acceptors (Lipinski definition) is 14. The number of esters is 1. The summed E-state index contributed by atoms with van der Waals surface area (Å²) in [5, 5.41) is 8.33. The lowest BCUT2D eigenvalue weighted by Gasteiger charge is -2.33. The zero-order chi connectivity index (χ0) is 65.9. The molecule has 0 radical (unpaired) electrons. The molecular weight excluding hydrogens is 1260 g/mol. The fourth-order valence-electron chi connectivity index (χ4n) is 10.8. The molecule has 0 bridgehead atoms. The van der Waals surface area contributed by atoms with Crippen LogP contribution in [0.15, 0.2) is 174 Å². The molecule has 1 heterocycles. The average molecular weight is 1330 g/mol. The van der Waals surface area contributed by atoms with Crippen molar-refractivity contribution in [2.24, 2.45) is 0 Å². The average Bonchev–Trinajstić information content (AvgIpc) is 1.57. The van der Waals surface area contributed by atoms with E-state index < -0.39 is 81.6 Å². The van der Waals surface area contributed by atoms with E-state index in [4.69, 9.17) is 9.47 Å². The predicted molar refractivity (Wildman–Crippen MR) is 350 cm³/mol. The minimum atomic E-state index is -4.71. The van der Waals surface area contributed by atoms with E-state index in [9.17, 15) is 66.3 Å². The van der Waals surface area contributed by atoms with Gasteiger partial charge in [0.05, 0.1) is 39.4 Å². The Morgan fingerprint density at radius 1 is 0.678 bits per heavy atom. The van der Waals surface area contributed by atoms with Crippen molar-refractivity contribution in [3.8, 4) is 0 Å². The number of nitrogens with one attached hydrogen (secondary N) is 2. The molecule has 1 aliphatic rings. The summed E-state index contributed by atoms with van der Waals surface area (Å²) in [6.45, 7) is 4.93. The number of hydrogen-bond donors (Lipinski definition) is 6. The van der Waals surface area contributed by atoms with Gasteiger partial charge in [-0.25, -0.2) is 4.79 Å². The molecule has 6 rings (SSSR count). The molecule has 0 aromatic heterocycles. The molecule has 5 aromatic rings. The molecule has 0 saturated carbocycles. The third-order valence-electron chi connectivity index (χ3n) is 15.3. The van der Waals surface area contributed by atoms with Gasteiger partial charge in [0, 0.05) is 79.9 Å². The van der Waals surface area contributed by atoms with Gasteiger partial charge in [-0.3, -0.25) is 27.8 Å². The van der Waals surface area contributed by atoms with Crippen LogP contribution in [0.2, 0.25) is 0 Å². The number of anilines is 1. The van der Waals surface area contributed by atoms with Crippen molar-refractivity contribution in [3.05, 3.63) is 186 Å². The SMILES string of the molecule is COCC[N+]1=C(/C=C/C=C/C=C/C=C\C(C)(CCCS(=O)(=O)O)c2cc(S(=O)(=O)O)ccc2N(C)CCCCCC(=O)NCCNC(=O)c2ccc(C(=O)OC)c(P(c3ccccc3)c3ccccc3)c2)C(C)(CCCS(=O)(=O)O)c2cc(S(=O)(=O)O)ccc21. The van der Waals surface area contributed by atoms with Crippen molar-refractivity contribution in [1.29, 1.82) is 0 Å². The van der Waals surface area contributed by atoms with Crippen LogP contribution < -0.4 is 31.4 Å². The highest BCUT2D eigenvalue weighted by molar-refractivity contribution is 7.86. The zero-order valence-electron chi connectivity index (χ0n) is 50.8. The first-order chi connectivity index (χ1) is 42.5. The van der Waals surface area contributed by atoms with Gasteiger partial charge < -0.3 is 25.0 Å². The van der Waals surface area contributed by atoms with Crippen molar-refractivity contribution < 1.29 is 80.3 Å². The molecule has 1 aliphatic heterocycles. The van der Waals surface area contributed by atoms with Crippen LogP contribution in [0.25, 0.3) is 0 Å². The predicted octanol–water partition coefficient (Wildman–Crippen LogP) is 7.79. The van der Waals surface area contributed by atoms with Crippen molar-refractivity contribution in [2.45, 2.75) is 85.8 Å². The van der Waals surface area contributed by atoms with Crippen LogP contribution in [0.1, 0.15) is 97.1 Å². The Balaban J connectivity index is 1.10. The second kappa shape index (κ2) is 32.3. The smallest absolute Gasteiger partial charge is 0.338 e. The summed E-state index contributed by atoms with van der Waals surface area (Å²) in [7, 11) is -14.7.